The van der Waals surface area contributed by atoms with Crippen molar-refractivity contribution >= 4 is 17.6 Å². The molecule has 1 heterocycles. The van der Waals surface area contributed by atoms with E-state index in [1.54, 1.807) is 13.2 Å². The Morgan fingerprint density at radius 1 is 1.57 bits per heavy atom. The van der Waals surface area contributed by atoms with Crippen LogP contribution in [-0.4, -0.2) is 25.0 Å². The van der Waals surface area contributed by atoms with Crippen LogP contribution in [0.5, 0.6) is 0 Å². The summed E-state index contributed by atoms with van der Waals surface area (Å²) in [6, 6.07) is 3.69. The third kappa shape index (κ3) is 3.22. The Balaban J connectivity index is 2.49. The highest BCUT2D eigenvalue weighted by atomic mass is 35.5. The topological polar surface area (TPSA) is 49.3 Å². The van der Waals surface area contributed by atoms with Gasteiger partial charge in [-0.1, -0.05) is 11.6 Å². The molecule has 0 saturated carbocycles. The van der Waals surface area contributed by atoms with Crippen molar-refractivity contribution in [1.82, 2.24) is 15.6 Å². The van der Waals surface area contributed by atoms with E-state index in [0.29, 0.717) is 11.6 Å². The Bertz CT molecular complexity index is 307. The maximum Gasteiger partial charge on any atom is 0.191 e. The minimum atomic E-state index is 0.630. The lowest BCUT2D eigenvalue weighted by Gasteiger charge is -2.07. The van der Waals surface area contributed by atoms with Gasteiger partial charge in [0.1, 0.15) is 0 Å². The predicted molar refractivity (Wildman–Crippen MR) is 58.5 cm³/mol. The molecule has 0 unspecified atom stereocenters. The number of pyridine rings is 1. The first-order valence-electron chi connectivity index (χ1n) is 4.25. The Morgan fingerprint density at radius 3 is 2.86 bits per heavy atom. The van der Waals surface area contributed by atoms with Crippen LogP contribution in [0, 0.1) is 0 Å². The second kappa shape index (κ2) is 5.44. The number of halogens is 1. The van der Waals surface area contributed by atoms with Crippen molar-refractivity contribution in [3.63, 3.8) is 0 Å². The molecule has 0 aliphatic carbocycles. The number of aliphatic imine (C=N–C) groups is 1. The third-order valence-corrected chi connectivity index (χ3v) is 1.91. The number of rotatable bonds is 2. The van der Waals surface area contributed by atoms with Crippen LogP contribution in [0.2, 0.25) is 5.02 Å². The molecule has 5 heteroatoms. The third-order valence-electron chi connectivity index (χ3n) is 1.69. The van der Waals surface area contributed by atoms with Crippen LogP contribution in [0.15, 0.2) is 23.3 Å². The van der Waals surface area contributed by atoms with Crippen molar-refractivity contribution in [3.05, 3.63) is 29.0 Å². The molecule has 0 amide bonds. The maximum atomic E-state index is 5.71. The summed E-state index contributed by atoms with van der Waals surface area (Å²) < 4.78 is 0. The summed E-state index contributed by atoms with van der Waals surface area (Å²) in [6.07, 6.45) is 1.63. The summed E-state index contributed by atoms with van der Waals surface area (Å²) >= 11 is 5.71. The average Bonchev–Trinajstić information content (AvgIpc) is 2.22. The van der Waals surface area contributed by atoms with Gasteiger partial charge in [-0.3, -0.25) is 9.98 Å². The monoisotopic (exact) mass is 212 g/mol. The van der Waals surface area contributed by atoms with Gasteiger partial charge in [-0.2, -0.15) is 0 Å². The summed E-state index contributed by atoms with van der Waals surface area (Å²) in [4.78, 5) is 8.12. The molecule has 2 N–H and O–H groups in total. The van der Waals surface area contributed by atoms with Crippen molar-refractivity contribution in [2.24, 2.45) is 4.99 Å². The number of nitrogens with zero attached hydrogens (tertiary/aromatic N) is 2. The van der Waals surface area contributed by atoms with E-state index < -0.39 is 0 Å². The van der Waals surface area contributed by atoms with Crippen LogP contribution >= 0.6 is 11.6 Å². The van der Waals surface area contributed by atoms with Gasteiger partial charge in [-0.25, -0.2) is 0 Å². The van der Waals surface area contributed by atoms with E-state index in [-0.39, 0.29) is 0 Å². The van der Waals surface area contributed by atoms with Crippen LogP contribution in [0.4, 0.5) is 0 Å². The van der Waals surface area contributed by atoms with Crippen LogP contribution in [0.3, 0.4) is 0 Å². The van der Waals surface area contributed by atoms with E-state index in [1.807, 2.05) is 19.2 Å². The lowest BCUT2D eigenvalue weighted by atomic mass is 10.3. The lowest BCUT2D eigenvalue weighted by molar-refractivity contribution is 0.837. The minimum absolute atomic E-state index is 0.630. The number of hydrogen-bond donors (Lipinski definition) is 2. The molecular weight excluding hydrogens is 200 g/mol. The number of nitrogens with one attached hydrogen (secondary N) is 2. The quantitative estimate of drug-likeness (QED) is 0.569. The van der Waals surface area contributed by atoms with Gasteiger partial charge in [0.15, 0.2) is 5.96 Å². The van der Waals surface area contributed by atoms with Crippen LogP contribution in [0.1, 0.15) is 5.69 Å². The maximum absolute atomic E-state index is 5.71. The van der Waals surface area contributed by atoms with Gasteiger partial charge in [-0.15, -0.1) is 0 Å². The summed E-state index contributed by atoms with van der Waals surface area (Å²) in [5.41, 5.74) is 0.922. The Morgan fingerprint density at radius 2 is 2.36 bits per heavy atom. The fourth-order valence-electron chi connectivity index (χ4n) is 0.965. The van der Waals surface area contributed by atoms with E-state index in [2.05, 4.69) is 20.6 Å². The molecule has 0 aliphatic rings. The van der Waals surface area contributed by atoms with Crippen molar-refractivity contribution < 1.29 is 0 Å². The summed E-state index contributed by atoms with van der Waals surface area (Å²) in [5, 5.41) is 6.65. The van der Waals surface area contributed by atoms with Crippen molar-refractivity contribution in [3.8, 4) is 0 Å². The van der Waals surface area contributed by atoms with E-state index >= 15 is 0 Å². The summed E-state index contributed by atoms with van der Waals surface area (Å²) in [5.74, 6) is 0.738. The zero-order valence-corrected chi connectivity index (χ0v) is 8.97. The Kier molecular flexibility index (Phi) is 4.19. The number of aromatic nitrogens is 1. The molecule has 4 nitrogen and oxygen atoms in total. The molecule has 1 aromatic heterocycles. The molecule has 76 valence electrons. The first kappa shape index (κ1) is 10.8. The molecule has 0 radical (unpaired) electrons. The smallest absolute Gasteiger partial charge is 0.191 e. The van der Waals surface area contributed by atoms with Gasteiger partial charge >= 0.3 is 0 Å². The first-order chi connectivity index (χ1) is 6.76. The molecule has 0 atom stereocenters. The van der Waals surface area contributed by atoms with Gasteiger partial charge in [-0.05, 0) is 12.1 Å². The largest absolute Gasteiger partial charge is 0.359 e. The molecule has 1 rings (SSSR count). The van der Waals surface area contributed by atoms with E-state index in [0.717, 1.165) is 11.7 Å². The number of hydrogen-bond acceptors (Lipinski definition) is 2. The van der Waals surface area contributed by atoms with E-state index in [4.69, 9.17) is 11.6 Å². The molecule has 0 aliphatic heterocycles. The van der Waals surface area contributed by atoms with Gasteiger partial charge in [0.2, 0.25) is 0 Å². The fourth-order valence-corrected chi connectivity index (χ4v) is 1.08. The van der Waals surface area contributed by atoms with E-state index in [9.17, 15) is 0 Å². The van der Waals surface area contributed by atoms with Crippen LogP contribution in [-0.2, 0) is 6.54 Å². The normalized spacial score (nSPS) is 11.2. The average molecular weight is 213 g/mol. The predicted octanol–water partition coefficient (Wildman–Crippen LogP) is 1.03. The first-order valence-corrected chi connectivity index (χ1v) is 4.63. The minimum Gasteiger partial charge on any atom is -0.359 e. The highest BCUT2D eigenvalue weighted by Gasteiger charge is 1.96. The molecule has 0 bridgehead atoms. The van der Waals surface area contributed by atoms with Gasteiger partial charge < -0.3 is 10.6 Å². The number of guanidine groups is 1. The molecule has 1 aromatic rings. The molecule has 0 saturated heterocycles. The summed E-state index contributed by atoms with van der Waals surface area (Å²) in [6.45, 7) is 0.630. The van der Waals surface area contributed by atoms with Gasteiger partial charge in [0, 0.05) is 20.3 Å². The molecular formula is C9H13ClN4. The standard InChI is InChI=1S/C9H13ClN4/c1-11-9(12-2)14-6-8-4-3-7(10)5-13-8/h3-5H,6H2,1-2H3,(H2,11,12,14). The second-order valence-electron chi connectivity index (χ2n) is 2.64. The summed E-state index contributed by atoms with van der Waals surface area (Å²) in [7, 11) is 3.53. The SMILES string of the molecule is CN=C(NC)NCc1ccc(Cl)cn1. The second-order valence-corrected chi connectivity index (χ2v) is 3.08. The zero-order valence-electron chi connectivity index (χ0n) is 8.21. The van der Waals surface area contributed by atoms with Crippen molar-refractivity contribution in [1.29, 1.82) is 0 Å². The lowest BCUT2D eigenvalue weighted by Crippen LogP contribution is -2.34. The van der Waals surface area contributed by atoms with Crippen LogP contribution in [0.25, 0.3) is 0 Å². The molecule has 0 aromatic carbocycles. The molecule has 0 spiro atoms. The highest BCUT2D eigenvalue weighted by molar-refractivity contribution is 6.30. The Labute approximate surface area is 88.4 Å². The van der Waals surface area contributed by atoms with Crippen LogP contribution < -0.4 is 10.6 Å². The molecule has 14 heavy (non-hydrogen) atoms. The highest BCUT2D eigenvalue weighted by Crippen LogP contribution is 2.05. The van der Waals surface area contributed by atoms with E-state index in [1.165, 1.54) is 0 Å². The Hall–Kier alpha value is -1.29. The fraction of sp³-hybridized carbons (Fsp3) is 0.333. The van der Waals surface area contributed by atoms with Crippen molar-refractivity contribution in [2.75, 3.05) is 14.1 Å². The van der Waals surface area contributed by atoms with Gasteiger partial charge in [0.25, 0.3) is 0 Å². The molecule has 0 fully saturated rings. The van der Waals surface area contributed by atoms with Gasteiger partial charge in [0.05, 0.1) is 17.3 Å². The van der Waals surface area contributed by atoms with Crippen molar-refractivity contribution in [2.45, 2.75) is 6.54 Å². The zero-order chi connectivity index (χ0) is 10.4.